The standard InChI is InChI=1S/C27H26ClN5O6S/c1-5-39-25(35)24-21(31-26(36)30-17-10-19(37-3)12-20(11-17)38-4)13-23(28)33(24)18-8-6-16(7-9-18)22-14-40-27(32-22)29-15(2)34/h6-14H,5H2,1-4H3,(H,29,32,34)(H2,30,31,36). The summed E-state index contributed by atoms with van der Waals surface area (Å²) in [4.78, 5) is 41.6. The minimum absolute atomic E-state index is 0.0413. The van der Waals surface area contributed by atoms with Gasteiger partial charge >= 0.3 is 12.0 Å². The lowest BCUT2D eigenvalue weighted by Crippen LogP contribution is -2.22. The Kier molecular flexibility index (Phi) is 8.92. The van der Waals surface area contributed by atoms with Crippen LogP contribution in [0.5, 0.6) is 11.5 Å². The first-order valence-corrected chi connectivity index (χ1v) is 13.2. The number of carbonyl (C=O) groups excluding carboxylic acids is 3. The molecule has 0 bridgehead atoms. The van der Waals surface area contributed by atoms with Crippen LogP contribution in [0.25, 0.3) is 16.9 Å². The minimum atomic E-state index is -0.670. The molecule has 0 saturated heterocycles. The highest BCUT2D eigenvalue weighted by Crippen LogP contribution is 2.32. The molecular weight excluding hydrogens is 558 g/mol. The first-order chi connectivity index (χ1) is 19.2. The summed E-state index contributed by atoms with van der Waals surface area (Å²) in [7, 11) is 3.00. The highest BCUT2D eigenvalue weighted by molar-refractivity contribution is 7.14. The van der Waals surface area contributed by atoms with Crippen molar-refractivity contribution in [2.24, 2.45) is 0 Å². The van der Waals surface area contributed by atoms with E-state index in [1.54, 1.807) is 37.3 Å². The SMILES string of the molecule is CCOC(=O)c1c(NC(=O)Nc2cc(OC)cc(OC)c2)cc(Cl)n1-c1ccc(-c2csc(NC(C)=O)n2)cc1. The summed E-state index contributed by atoms with van der Waals surface area (Å²) >= 11 is 7.87. The van der Waals surface area contributed by atoms with Gasteiger partial charge in [-0.2, -0.15) is 0 Å². The number of esters is 1. The number of ether oxygens (including phenoxy) is 3. The second kappa shape index (κ2) is 12.5. The molecule has 4 aromatic rings. The molecule has 2 aromatic carbocycles. The van der Waals surface area contributed by atoms with Gasteiger partial charge in [-0.3, -0.25) is 9.36 Å². The molecule has 13 heteroatoms. The highest BCUT2D eigenvalue weighted by Gasteiger charge is 2.24. The summed E-state index contributed by atoms with van der Waals surface area (Å²) in [5, 5.41) is 10.5. The number of nitrogens with zero attached hydrogens (tertiary/aromatic N) is 2. The van der Waals surface area contributed by atoms with E-state index in [4.69, 9.17) is 25.8 Å². The van der Waals surface area contributed by atoms with Crippen LogP contribution in [0.1, 0.15) is 24.3 Å². The lowest BCUT2D eigenvalue weighted by atomic mass is 10.1. The van der Waals surface area contributed by atoms with E-state index in [9.17, 15) is 14.4 Å². The summed E-state index contributed by atoms with van der Waals surface area (Å²) in [5.41, 5.74) is 2.64. The third-order valence-electron chi connectivity index (χ3n) is 5.49. The van der Waals surface area contributed by atoms with Crippen LogP contribution in [0.2, 0.25) is 5.15 Å². The van der Waals surface area contributed by atoms with E-state index in [0.717, 1.165) is 5.56 Å². The largest absolute Gasteiger partial charge is 0.497 e. The van der Waals surface area contributed by atoms with Gasteiger partial charge in [-0.1, -0.05) is 23.7 Å². The van der Waals surface area contributed by atoms with E-state index in [1.807, 2.05) is 17.5 Å². The summed E-state index contributed by atoms with van der Waals surface area (Å²) in [6, 6.07) is 12.9. The number of methoxy groups -OCH3 is 2. The number of hydrogen-bond donors (Lipinski definition) is 3. The molecule has 3 N–H and O–H groups in total. The number of urea groups is 1. The first kappa shape index (κ1) is 28.5. The molecule has 0 unspecified atom stereocenters. The van der Waals surface area contributed by atoms with Gasteiger partial charge in [-0.15, -0.1) is 11.3 Å². The van der Waals surface area contributed by atoms with Gasteiger partial charge in [0.1, 0.15) is 16.7 Å². The van der Waals surface area contributed by atoms with Gasteiger partial charge < -0.3 is 30.2 Å². The van der Waals surface area contributed by atoms with E-state index in [0.29, 0.717) is 33.7 Å². The molecule has 0 aliphatic carbocycles. The number of aromatic nitrogens is 2. The van der Waals surface area contributed by atoms with E-state index in [-0.39, 0.29) is 29.0 Å². The van der Waals surface area contributed by atoms with E-state index in [1.165, 1.54) is 43.1 Å². The highest BCUT2D eigenvalue weighted by atomic mass is 35.5. The summed E-state index contributed by atoms with van der Waals surface area (Å²) in [6.45, 7) is 3.22. The Morgan fingerprint density at radius 3 is 2.25 bits per heavy atom. The van der Waals surface area contributed by atoms with E-state index in [2.05, 4.69) is 20.9 Å². The number of hydrogen-bond acceptors (Lipinski definition) is 8. The van der Waals surface area contributed by atoms with Crippen LogP contribution in [0.3, 0.4) is 0 Å². The third-order valence-corrected chi connectivity index (χ3v) is 6.53. The molecule has 40 heavy (non-hydrogen) atoms. The molecule has 0 fully saturated rings. The number of thiazole rings is 1. The predicted octanol–water partition coefficient (Wildman–Crippen LogP) is 6.05. The number of nitrogens with one attached hydrogen (secondary N) is 3. The minimum Gasteiger partial charge on any atom is -0.497 e. The summed E-state index contributed by atoms with van der Waals surface area (Å²) in [6.07, 6.45) is 0. The first-order valence-electron chi connectivity index (χ1n) is 12.0. The van der Waals surface area contributed by atoms with Crippen molar-refractivity contribution in [1.29, 1.82) is 0 Å². The molecule has 0 aliphatic rings. The smallest absolute Gasteiger partial charge is 0.357 e. The molecule has 2 aromatic heterocycles. The molecule has 0 saturated carbocycles. The van der Waals surface area contributed by atoms with Gasteiger partial charge in [0.2, 0.25) is 5.91 Å². The Labute approximate surface area is 239 Å². The normalized spacial score (nSPS) is 10.5. The average Bonchev–Trinajstić information content (AvgIpc) is 3.51. The molecule has 208 valence electrons. The Morgan fingerprint density at radius 1 is 0.975 bits per heavy atom. The molecule has 2 heterocycles. The molecule has 3 amide bonds. The monoisotopic (exact) mass is 583 g/mol. The lowest BCUT2D eigenvalue weighted by Gasteiger charge is -2.13. The zero-order valence-corrected chi connectivity index (χ0v) is 23.6. The molecule has 0 radical (unpaired) electrons. The summed E-state index contributed by atoms with van der Waals surface area (Å²) in [5.74, 6) is 0.106. The van der Waals surface area contributed by atoms with Crippen molar-refractivity contribution in [2.45, 2.75) is 13.8 Å². The Balaban J connectivity index is 1.62. The second-order valence-electron chi connectivity index (χ2n) is 8.23. The van der Waals surface area contributed by atoms with Crippen molar-refractivity contribution in [3.8, 4) is 28.4 Å². The van der Waals surface area contributed by atoms with Crippen molar-refractivity contribution >= 4 is 57.4 Å². The number of rotatable bonds is 9. The quantitative estimate of drug-likeness (QED) is 0.204. The zero-order chi connectivity index (χ0) is 28.8. The maximum Gasteiger partial charge on any atom is 0.357 e. The number of halogens is 1. The number of carbonyl (C=O) groups is 3. The molecule has 4 rings (SSSR count). The van der Waals surface area contributed by atoms with Gasteiger partial charge in [-0.05, 0) is 19.1 Å². The van der Waals surface area contributed by atoms with Gasteiger partial charge in [0, 0.05) is 53.5 Å². The lowest BCUT2D eigenvalue weighted by molar-refractivity contribution is -0.114. The van der Waals surface area contributed by atoms with Crippen LogP contribution in [-0.2, 0) is 9.53 Å². The zero-order valence-electron chi connectivity index (χ0n) is 22.0. The van der Waals surface area contributed by atoms with Crippen molar-refractivity contribution in [3.63, 3.8) is 0 Å². The topological polar surface area (TPSA) is 133 Å². The average molecular weight is 584 g/mol. The molecule has 0 spiro atoms. The van der Waals surface area contributed by atoms with Gasteiger partial charge in [-0.25, -0.2) is 14.6 Å². The van der Waals surface area contributed by atoms with Crippen LogP contribution >= 0.6 is 22.9 Å². The fourth-order valence-corrected chi connectivity index (χ4v) is 4.84. The van der Waals surface area contributed by atoms with E-state index >= 15 is 0 Å². The molecule has 0 aliphatic heterocycles. The van der Waals surface area contributed by atoms with Crippen LogP contribution in [-0.4, -0.2) is 48.3 Å². The fourth-order valence-electron chi connectivity index (χ4n) is 3.79. The van der Waals surface area contributed by atoms with Crippen LogP contribution in [0.15, 0.2) is 53.9 Å². The number of amides is 3. The maximum atomic E-state index is 13.0. The van der Waals surface area contributed by atoms with Crippen molar-refractivity contribution in [1.82, 2.24) is 9.55 Å². The third kappa shape index (κ3) is 6.53. The number of anilines is 3. The van der Waals surface area contributed by atoms with Crippen LogP contribution < -0.4 is 25.4 Å². The molecule has 11 nitrogen and oxygen atoms in total. The summed E-state index contributed by atoms with van der Waals surface area (Å²) < 4.78 is 17.2. The predicted molar refractivity (Wildman–Crippen MR) is 154 cm³/mol. The maximum absolute atomic E-state index is 13.0. The van der Waals surface area contributed by atoms with Crippen molar-refractivity contribution < 1.29 is 28.6 Å². The Morgan fingerprint density at radius 2 is 1.65 bits per heavy atom. The van der Waals surface area contributed by atoms with Crippen LogP contribution in [0, 0.1) is 0 Å². The molecule has 0 atom stereocenters. The van der Waals surface area contributed by atoms with Crippen molar-refractivity contribution in [3.05, 3.63) is 64.8 Å². The fraction of sp³-hybridized carbons (Fsp3) is 0.185. The van der Waals surface area contributed by atoms with Gasteiger partial charge in [0.15, 0.2) is 10.8 Å². The van der Waals surface area contributed by atoms with Gasteiger partial charge in [0.25, 0.3) is 0 Å². The van der Waals surface area contributed by atoms with Crippen molar-refractivity contribution in [2.75, 3.05) is 36.8 Å². The second-order valence-corrected chi connectivity index (χ2v) is 9.48. The van der Waals surface area contributed by atoms with Gasteiger partial charge in [0.05, 0.1) is 32.2 Å². The van der Waals surface area contributed by atoms with E-state index < -0.39 is 12.0 Å². The number of benzene rings is 2. The Bertz CT molecular complexity index is 1530. The van der Waals surface area contributed by atoms with Crippen LogP contribution in [0.4, 0.5) is 21.3 Å². The Hall–Kier alpha value is -4.55. The molecular formula is C27H26ClN5O6S.